The summed E-state index contributed by atoms with van der Waals surface area (Å²) < 4.78 is 33.5. The maximum absolute atomic E-state index is 15.1. The van der Waals surface area contributed by atoms with Gasteiger partial charge in [-0.15, -0.1) is 0 Å². The molecule has 2 aromatic carbocycles. The van der Waals surface area contributed by atoms with Crippen molar-refractivity contribution in [3.63, 3.8) is 0 Å². The summed E-state index contributed by atoms with van der Waals surface area (Å²) in [5.74, 6) is -0.746. The van der Waals surface area contributed by atoms with Gasteiger partial charge in [0.25, 0.3) is 0 Å². The van der Waals surface area contributed by atoms with E-state index in [0.717, 1.165) is 0 Å². The van der Waals surface area contributed by atoms with Gasteiger partial charge in [0.05, 0.1) is 30.3 Å². The number of carbonyl (C=O) groups excluding carboxylic acids is 2. The largest absolute Gasteiger partial charge is 0.488 e. The number of ether oxygens (including phenoxy) is 3. The lowest BCUT2D eigenvalue weighted by molar-refractivity contribution is -0.389. The Hall–Kier alpha value is -4.39. The highest BCUT2D eigenvalue weighted by atomic mass is 35.5. The monoisotopic (exact) mass is 559 g/mol. The number of benzene rings is 2. The average molecular weight is 560 g/mol. The number of imidazole rings is 1. The van der Waals surface area contributed by atoms with Crippen LogP contribution in [0.15, 0.2) is 42.6 Å². The van der Waals surface area contributed by atoms with Crippen LogP contribution in [0.1, 0.15) is 13.8 Å². The Morgan fingerprint density at radius 1 is 1.36 bits per heavy atom. The minimum Gasteiger partial charge on any atom is -0.488 e. The lowest BCUT2D eigenvalue weighted by Crippen LogP contribution is -2.38. The summed E-state index contributed by atoms with van der Waals surface area (Å²) >= 11 is 6.43. The quantitative estimate of drug-likeness (QED) is 0.323. The van der Waals surface area contributed by atoms with E-state index in [-0.39, 0.29) is 48.0 Å². The minimum absolute atomic E-state index is 0.0845. The molecule has 2 aliphatic heterocycles. The summed E-state index contributed by atoms with van der Waals surface area (Å²) in [6, 6.07) is 9.34. The lowest BCUT2D eigenvalue weighted by Gasteiger charge is -2.22. The number of fused-ring (bicyclic) bond motifs is 1. The molecule has 2 aliphatic rings. The zero-order valence-electron chi connectivity index (χ0n) is 20.8. The number of hydrogen-bond acceptors (Lipinski definition) is 8. The third-order valence-corrected chi connectivity index (χ3v) is 6.55. The van der Waals surface area contributed by atoms with Crippen LogP contribution in [-0.2, 0) is 16.1 Å². The van der Waals surface area contributed by atoms with Gasteiger partial charge >= 0.3 is 17.9 Å². The number of anilines is 1. The van der Waals surface area contributed by atoms with E-state index in [4.69, 9.17) is 25.8 Å². The van der Waals surface area contributed by atoms with Crippen LogP contribution >= 0.6 is 11.6 Å². The second kappa shape index (κ2) is 10.1. The highest BCUT2D eigenvalue weighted by Crippen LogP contribution is 2.36. The Morgan fingerprint density at radius 3 is 2.82 bits per heavy atom. The number of hydrogen-bond donors (Lipinski definition) is 1. The third kappa shape index (κ3) is 5.43. The summed E-state index contributed by atoms with van der Waals surface area (Å²) in [6.45, 7) is 3.88. The lowest BCUT2D eigenvalue weighted by atomic mass is 10.0. The molecule has 204 valence electrons. The van der Waals surface area contributed by atoms with Crippen LogP contribution < -0.4 is 19.7 Å². The first-order valence-electron chi connectivity index (χ1n) is 11.9. The van der Waals surface area contributed by atoms with Crippen molar-refractivity contribution in [2.24, 2.45) is 0 Å². The zero-order valence-corrected chi connectivity index (χ0v) is 21.6. The predicted molar refractivity (Wildman–Crippen MR) is 137 cm³/mol. The SMILES string of the molecule is CC(=O)NC[C@H]1CN(c2ccc(-c3ccc(OCC4(C)Cn5cc([N+](=O)[O-])nc5O4)c(Cl)c3)c(F)c2)C(=O)O1. The molecule has 5 rings (SSSR count). The zero-order chi connectivity index (χ0) is 27.9. The van der Waals surface area contributed by atoms with E-state index in [9.17, 15) is 19.7 Å². The maximum Gasteiger partial charge on any atom is 0.415 e. The van der Waals surface area contributed by atoms with Gasteiger partial charge in [-0.3, -0.25) is 14.3 Å². The number of nitro groups is 1. The van der Waals surface area contributed by atoms with Crippen molar-refractivity contribution in [2.75, 3.05) is 24.6 Å². The Labute approximate surface area is 226 Å². The van der Waals surface area contributed by atoms with Gasteiger partial charge < -0.3 is 29.6 Å². The fourth-order valence-electron chi connectivity index (χ4n) is 4.37. The van der Waals surface area contributed by atoms with E-state index in [0.29, 0.717) is 23.5 Å². The smallest absolute Gasteiger partial charge is 0.415 e. The molecule has 14 heteroatoms. The number of cyclic esters (lactones) is 1. The first kappa shape index (κ1) is 26.2. The predicted octanol–water partition coefficient (Wildman–Crippen LogP) is 3.94. The third-order valence-electron chi connectivity index (χ3n) is 6.25. The van der Waals surface area contributed by atoms with Gasteiger partial charge in [-0.05, 0) is 47.7 Å². The molecule has 39 heavy (non-hydrogen) atoms. The molecule has 0 aliphatic carbocycles. The van der Waals surface area contributed by atoms with E-state index in [1.54, 1.807) is 41.8 Å². The molecular weight excluding hydrogens is 537 g/mol. The highest BCUT2D eigenvalue weighted by molar-refractivity contribution is 6.32. The van der Waals surface area contributed by atoms with Crippen molar-refractivity contribution in [3.05, 3.63) is 63.5 Å². The highest BCUT2D eigenvalue weighted by Gasteiger charge is 2.41. The van der Waals surface area contributed by atoms with Crippen LogP contribution in [0.4, 0.5) is 20.7 Å². The molecule has 2 amide bonds. The number of carbonyl (C=O) groups is 2. The number of halogens is 2. The Morgan fingerprint density at radius 2 is 2.15 bits per heavy atom. The number of amides is 2. The fourth-order valence-corrected chi connectivity index (χ4v) is 4.61. The average Bonchev–Trinajstić information content (AvgIpc) is 3.53. The van der Waals surface area contributed by atoms with Crippen molar-refractivity contribution >= 4 is 35.1 Å². The van der Waals surface area contributed by atoms with Crippen molar-refractivity contribution in [3.8, 4) is 22.9 Å². The molecule has 0 spiro atoms. The summed E-state index contributed by atoms with van der Waals surface area (Å²) in [4.78, 5) is 38.8. The second-order valence-corrected chi connectivity index (χ2v) is 9.88. The van der Waals surface area contributed by atoms with Crippen LogP contribution in [0.3, 0.4) is 0 Å². The number of rotatable bonds is 8. The van der Waals surface area contributed by atoms with Gasteiger partial charge in [0, 0.05) is 17.5 Å². The van der Waals surface area contributed by atoms with E-state index >= 15 is 4.39 Å². The summed E-state index contributed by atoms with van der Waals surface area (Å²) in [5, 5.41) is 13.7. The summed E-state index contributed by atoms with van der Waals surface area (Å²) in [6.07, 6.45) is 0.148. The summed E-state index contributed by atoms with van der Waals surface area (Å²) in [7, 11) is 0. The van der Waals surface area contributed by atoms with Crippen molar-refractivity contribution < 1.29 is 33.1 Å². The van der Waals surface area contributed by atoms with Gasteiger partial charge in [-0.1, -0.05) is 17.7 Å². The van der Waals surface area contributed by atoms with Crippen LogP contribution in [0.2, 0.25) is 5.02 Å². The fraction of sp³-hybridized carbons (Fsp3) is 0.320. The Kier molecular flexibility index (Phi) is 6.76. The van der Waals surface area contributed by atoms with Crippen molar-refractivity contribution in [2.45, 2.75) is 32.1 Å². The van der Waals surface area contributed by atoms with E-state index < -0.39 is 28.5 Å². The normalized spacial score (nSPS) is 19.8. The first-order valence-corrected chi connectivity index (χ1v) is 12.2. The van der Waals surface area contributed by atoms with Gasteiger partial charge in [0.15, 0.2) is 5.60 Å². The molecular formula is C25H23ClFN5O7. The number of nitrogens with zero attached hydrogens (tertiary/aromatic N) is 4. The van der Waals surface area contributed by atoms with Gasteiger partial charge in [0.2, 0.25) is 5.91 Å². The molecule has 1 fully saturated rings. The van der Waals surface area contributed by atoms with E-state index in [2.05, 4.69) is 10.3 Å². The van der Waals surface area contributed by atoms with Gasteiger partial charge in [-0.25, -0.2) is 9.18 Å². The van der Waals surface area contributed by atoms with Crippen LogP contribution in [0.25, 0.3) is 11.1 Å². The molecule has 2 atom stereocenters. The molecule has 0 saturated carbocycles. The molecule has 1 N–H and O–H groups in total. The minimum atomic E-state index is -0.820. The van der Waals surface area contributed by atoms with Crippen molar-refractivity contribution in [1.82, 2.24) is 14.9 Å². The standard InChI is InChI=1S/C25H23ClFN5O7/c1-14(33)28-9-17-10-31(24(34)38-17)16-4-5-18(20(27)8-16)15-3-6-21(19(26)7-15)37-13-25(2)12-30-11-22(32(35)36)29-23(30)39-25/h3-8,11,17H,9-10,12-13H2,1-2H3,(H,28,33)/t17-,25?/m0/s1. The number of aromatic nitrogens is 2. The molecule has 3 heterocycles. The topological polar surface area (TPSA) is 138 Å². The molecule has 0 bridgehead atoms. The van der Waals surface area contributed by atoms with Gasteiger partial charge in [-0.2, -0.15) is 0 Å². The van der Waals surface area contributed by atoms with Gasteiger partial charge in [0.1, 0.15) is 30.5 Å². The van der Waals surface area contributed by atoms with E-state index in [1.807, 2.05) is 0 Å². The van der Waals surface area contributed by atoms with Crippen LogP contribution in [0.5, 0.6) is 11.8 Å². The second-order valence-electron chi connectivity index (χ2n) is 9.47. The maximum atomic E-state index is 15.1. The summed E-state index contributed by atoms with van der Waals surface area (Å²) in [5.41, 5.74) is 0.277. The van der Waals surface area contributed by atoms with Crippen molar-refractivity contribution in [1.29, 1.82) is 0 Å². The molecule has 1 aromatic heterocycles. The van der Waals surface area contributed by atoms with Crippen LogP contribution in [0, 0.1) is 15.9 Å². The number of nitrogens with one attached hydrogen (secondary N) is 1. The Balaban J connectivity index is 1.23. The first-order chi connectivity index (χ1) is 18.5. The molecule has 1 saturated heterocycles. The molecule has 0 radical (unpaired) electrons. The molecule has 1 unspecified atom stereocenters. The van der Waals surface area contributed by atoms with Crippen LogP contribution in [-0.4, -0.2) is 57.9 Å². The van der Waals surface area contributed by atoms with E-state index in [1.165, 1.54) is 24.1 Å². The Bertz CT molecular complexity index is 1460. The molecule has 3 aromatic rings. The molecule has 12 nitrogen and oxygen atoms in total.